The van der Waals surface area contributed by atoms with E-state index in [2.05, 4.69) is 14.9 Å². The van der Waals surface area contributed by atoms with Gasteiger partial charge in [-0.05, 0) is 18.8 Å². The number of rotatable bonds is 3. The van der Waals surface area contributed by atoms with Crippen molar-refractivity contribution in [3.63, 3.8) is 0 Å². The van der Waals surface area contributed by atoms with Gasteiger partial charge in [-0.15, -0.1) is 0 Å². The molecule has 0 aromatic carbocycles. The molecule has 0 bridgehead atoms. The zero-order valence-corrected chi connectivity index (χ0v) is 12.0. The highest BCUT2D eigenvalue weighted by Crippen LogP contribution is 2.36. The molecule has 1 saturated heterocycles. The van der Waals surface area contributed by atoms with Gasteiger partial charge >= 0.3 is 0 Å². The highest BCUT2D eigenvalue weighted by Gasteiger charge is 2.35. The standard InChI is InChI=1S/C14H20N4O2/c1-17(2)14(19)11-7-15-8-13(16-11)18-5-6-20-12(9-18)10-3-4-10/h7-8,10,12H,3-6,9H2,1-2H3/t12-/m0/s1. The van der Waals surface area contributed by atoms with Gasteiger partial charge in [0.05, 0.1) is 25.1 Å². The lowest BCUT2D eigenvalue weighted by Gasteiger charge is -2.33. The van der Waals surface area contributed by atoms with Crippen LogP contribution in [0.2, 0.25) is 0 Å². The molecule has 1 aromatic heterocycles. The van der Waals surface area contributed by atoms with E-state index in [1.165, 1.54) is 23.9 Å². The molecular formula is C14H20N4O2. The number of ether oxygens (including phenoxy) is 1. The van der Waals surface area contributed by atoms with Crippen molar-refractivity contribution in [1.82, 2.24) is 14.9 Å². The molecule has 6 heteroatoms. The van der Waals surface area contributed by atoms with Crippen LogP contribution in [0.5, 0.6) is 0 Å². The maximum atomic E-state index is 11.9. The van der Waals surface area contributed by atoms with E-state index in [9.17, 15) is 4.79 Å². The Bertz CT molecular complexity index is 502. The molecule has 1 aromatic rings. The molecule has 1 atom stereocenters. The van der Waals surface area contributed by atoms with E-state index in [0.717, 1.165) is 18.9 Å². The molecule has 3 rings (SSSR count). The van der Waals surface area contributed by atoms with E-state index in [1.807, 2.05) is 0 Å². The normalized spacial score (nSPS) is 22.7. The highest BCUT2D eigenvalue weighted by molar-refractivity contribution is 5.91. The summed E-state index contributed by atoms with van der Waals surface area (Å²) in [5.74, 6) is 1.36. The smallest absolute Gasteiger partial charge is 0.273 e. The summed E-state index contributed by atoms with van der Waals surface area (Å²) in [5, 5.41) is 0. The van der Waals surface area contributed by atoms with Gasteiger partial charge in [-0.3, -0.25) is 9.78 Å². The maximum Gasteiger partial charge on any atom is 0.273 e. The average molecular weight is 276 g/mol. The summed E-state index contributed by atoms with van der Waals surface area (Å²) in [5.41, 5.74) is 0.391. The number of hydrogen-bond acceptors (Lipinski definition) is 5. The van der Waals surface area contributed by atoms with Crippen LogP contribution in [-0.4, -0.2) is 60.7 Å². The summed E-state index contributed by atoms with van der Waals surface area (Å²) in [6.07, 6.45) is 6.08. The lowest BCUT2D eigenvalue weighted by Crippen LogP contribution is -2.44. The third-order valence-corrected chi connectivity index (χ3v) is 3.81. The molecule has 0 spiro atoms. The van der Waals surface area contributed by atoms with E-state index in [1.54, 1.807) is 20.3 Å². The van der Waals surface area contributed by atoms with Gasteiger partial charge < -0.3 is 14.5 Å². The van der Waals surface area contributed by atoms with Crippen LogP contribution < -0.4 is 4.90 Å². The number of aromatic nitrogens is 2. The monoisotopic (exact) mass is 276 g/mol. The molecule has 1 amide bonds. The van der Waals surface area contributed by atoms with Crippen LogP contribution >= 0.6 is 0 Å². The van der Waals surface area contributed by atoms with Crippen molar-refractivity contribution in [2.45, 2.75) is 18.9 Å². The Balaban J connectivity index is 1.75. The minimum atomic E-state index is -0.119. The highest BCUT2D eigenvalue weighted by atomic mass is 16.5. The van der Waals surface area contributed by atoms with Crippen molar-refractivity contribution >= 4 is 11.7 Å². The third-order valence-electron chi connectivity index (χ3n) is 3.81. The first-order valence-corrected chi connectivity index (χ1v) is 7.05. The Morgan fingerprint density at radius 2 is 2.20 bits per heavy atom. The fourth-order valence-electron chi connectivity index (χ4n) is 2.48. The van der Waals surface area contributed by atoms with E-state index in [-0.39, 0.29) is 5.91 Å². The molecule has 6 nitrogen and oxygen atoms in total. The number of carbonyl (C=O) groups is 1. The fraction of sp³-hybridized carbons (Fsp3) is 0.643. The Morgan fingerprint density at radius 3 is 2.90 bits per heavy atom. The maximum absolute atomic E-state index is 11.9. The summed E-state index contributed by atoms with van der Waals surface area (Å²) in [4.78, 5) is 24.2. The van der Waals surface area contributed by atoms with Gasteiger partial charge in [0.1, 0.15) is 11.5 Å². The zero-order chi connectivity index (χ0) is 14.1. The zero-order valence-electron chi connectivity index (χ0n) is 12.0. The molecule has 1 saturated carbocycles. The van der Waals surface area contributed by atoms with Crippen molar-refractivity contribution in [3.05, 3.63) is 18.1 Å². The van der Waals surface area contributed by atoms with Gasteiger partial charge in [0, 0.05) is 27.2 Å². The molecule has 2 heterocycles. The molecule has 0 unspecified atom stereocenters. The lowest BCUT2D eigenvalue weighted by molar-refractivity contribution is 0.0261. The molecule has 1 aliphatic heterocycles. The van der Waals surface area contributed by atoms with Gasteiger partial charge in [-0.25, -0.2) is 4.98 Å². The second-order valence-electron chi connectivity index (χ2n) is 5.65. The topological polar surface area (TPSA) is 58.6 Å². The summed E-state index contributed by atoms with van der Waals surface area (Å²) >= 11 is 0. The Morgan fingerprint density at radius 1 is 1.40 bits per heavy atom. The predicted octanol–water partition coefficient (Wildman–Crippen LogP) is 0.794. The number of morpholine rings is 1. The van der Waals surface area contributed by atoms with Crippen LogP contribution in [0.3, 0.4) is 0 Å². The summed E-state index contributed by atoms with van der Waals surface area (Å²) in [7, 11) is 3.43. The summed E-state index contributed by atoms with van der Waals surface area (Å²) < 4.78 is 5.80. The van der Waals surface area contributed by atoms with Crippen molar-refractivity contribution in [3.8, 4) is 0 Å². The largest absolute Gasteiger partial charge is 0.374 e. The summed E-state index contributed by atoms with van der Waals surface area (Å²) in [6, 6.07) is 0. The number of hydrogen-bond donors (Lipinski definition) is 0. The third kappa shape index (κ3) is 2.75. The Kier molecular flexibility index (Phi) is 3.56. The van der Waals surface area contributed by atoms with Crippen molar-refractivity contribution in [2.75, 3.05) is 38.7 Å². The van der Waals surface area contributed by atoms with Crippen LogP contribution in [0.1, 0.15) is 23.3 Å². The van der Waals surface area contributed by atoms with Crippen LogP contribution in [-0.2, 0) is 4.74 Å². The molecule has 108 valence electrons. The lowest BCUT2D eigenvalue weighted by atomic mass is 10.2. The van der Waals surface area contributed by atoms with E-state index < -0.39 is 0 Å². The molecular weight excluding hydrogens is 256 g/mol. The molecule has 0 N–H and O–H groups in total. The minimum Gasteiger partial charge on any atom is -0.374 e. The molecule has 0 radical (unpaired) electrons. The first-order chi connectivity index (χ1) is 9.65. The van der Waals surface area contributed by atoms with Crippen molar-refractivity contribution in [1.29, 1.82) is 0 Å². The second kappa shape index (κ2) is 5.36. The number of carbonyl (C=O) groups excluding carboxylic acids is 1. The van der Waals surface area contributed by atoms with Gasteiger partial charge in [0.15, 0.2) is 0 Å². The van der Waals surface area contributed by atoms with Gasteiger partial charge in [0.2, 0.25) is 0 Å². The van der Waals surface area contributed by atoms with Gasteiger partial charge in [-0.2, -0.15) is 0 Å². The van der Waals surface area contributed by atoms with Crippen LogP contribution in [0, 0.1) is 5.92 Å². The number of amides is 1. The first-order valence-electron chi connectivity index (χ1n) is 7.05. The van der Waals surface area contributed by atoms with Crippen LogP contribution in [0.15, 0.2) is 12.4 Å². The molecule has 2 aliphatic rings. The summed E-state index contributed by atoms with van der Waals surface area (Å²) in [6.45, 7) is 2.37. The van der Waals surface area contributed by atoms with E-state index >= 15 is 0 Å². The molecule has 1 aliphatic carbocycles. The van der Waals surface area contributed by atoms with Crippen LogP contribution in [0.4, 0.5) is 5.82 Å². The second-order valence-corrected chi connectivity index (χ2v) is 5.65. The van der Waals surface area contributed by atoms with Crippen LogP contribution in [0.25, 0.3) is 0 Å². The number of nitrogens with zero attached hydrogens (tertiary/aromatic N) is 4. The van der Waals surface area contributed by atoms with Crippen molar-refractivity contribution < 1.29 is 9.53 Å². The Hall–Kier alpha value is -1.69. The Labute approximate surface area is 118 Å². The molecule has 2 fully saturated rings. The quantitative estimate of drug-likeness (QED) is 0.817. The average Bonchev–Trinajstić information content (AvgIpc) is 3.31. The van der Waals surface area contributed by atoms with Gasteiger partial charge in [0.25, 0.3) is 5.91 Å². The fourth-order valence-corrected chi connectivity index (χ4v) is 2.48. The van der Waals surface area contributed by atoms with E-state index in [0.29, 0.717) is 24.3 Å². The van der Waals surface area contributed by atoms with E-state index in [4.69, 9.17) is 4.74 Å². The van der Waals surface area contributed by atoms with Crippen molar-refractivity contribution in [2.24, 2.45) is 5.92 Å². The predicted molar refractivity (Wildman–Crippen MR) is 74.7 cm³/mol. The molecule has 20 heavy (non-hydrogen) atoms. The SMILES string of the molecule is CN(C)C(=O)c1cncc(N2CCO[C@H](C3CC3)C2)n1. The van der Waals surface area contributed by atoms with Gasteiger partial charge in [-0.1, -0.05) is 0 Å². The minimum absolute atomic E-state index is 0.119. The number of anilines is 1. The first kappa shape index (κ1) is 13.3.